The zero-order valence-corrected chi connectivity index (χ0v) is 14.7. The van der Waals surface area contributed by atoms with E-state index in [-0.39, 0.29) is 25.0 Å². The molecule has 2 aromatic heterocycles. The minimum Gasteiger partial charge on any atom is -0.455 e. The van der Waals surface area contributed by atoms with E-state index in [0.717, 1.165) is 30.0 Å². The monoisotopic (exact) mass is 366 g/mol. The third-order valence-corrected chi connectivity index (χ3v) is 5.18. The van der Waals surface area contributed by atoms with Gasteiger partial charge in [-0.25, -0.2) is 4.98 Å². The highest BCUT2D eigenvalue weighted by Crippen LogP contribution is 2.25. The van der Waals surface area contributed by atoms with Gasteiger partial charge < -0.3 is 14.8 Å². The van der Waals surface area contributed by atoms with E-state index in [4.69, 9.17) is 9.47 Å². The summed E-state index contributed by atoms with van der Waals surface area (Å²) in [4.78, 5) is 27.9. The van der Waals surface area contributed by atoms with Crippen LogP contribution in [0.25, 0.3) is 10.6 Å². The summed E-state index contributed by atoms with van der Waals surface area (Å²) < 4.78 is 10.4. The second-order valence-electron chi connectivity index (χ2n) is 5.43. The molecule has 6 nitrogen and oxygen atoms in total. The number of carbonyl (C=O) groups is 2. The van der Waals surface area contributed by atoms with Gasteiger partial charge in [0.05, 0.1) is 18.2 Å². The van der Waals surface area contributed by atoms with Crippen LogP contribution in [0.2, 0.25) is 0 Å². The molecule has 8 heteroatoms. The number of rotatable bonds is 7. The van der Waals surface area contributed by atoms with Crippen LogP contribution in [0.3, 0.4) is 0 Å². The second kappa shape index (κ2) is 8.36. The average Bonchev–Trinajstić information content (AvgIpc) is 3.31. The summed E-state index contributed by atoms with van der Waals surface area (Å²) in [6.45, 7) is 0.941. The van der Waals surface area contributed by atoms with Gasteiger partial charge in [0.25, 0.3) is 5.91 Å². The van der Waals surface area contributed by atoms with Crippen molar-refractivity contribution < 1.29 is 19.1 Å². The molecule has 3 heterocycles. The summed E-state index contributed by atoms with van der Waals surface area (Å²) in [6.07, 6.45) is 2.13. The van der Waals surface area contributed by atoms with Crippen LogP contribution in [0.15, 0.2) is 22.2 Å². The maximum atomic E-state index is 11.8. The Bertz CT molecular complexity index is 678. The first-order valence-electron chi connectivity index (χ1n) is 7.71. The van der Waals surface area contributed by atoms with Crippen molar-refractivity contribution in [3.05, 3.63) is 27.9 Å². The fraction of sp³-hybridized carbons (Fsp3) is 0.438. The van der Waals surface area contributed by atoms with Crippen LogP contribution in [0.4, 0.5) is 0 Å². The lowest BCUT2D eigenvalue weighted by Crippen LogP contribution is -2.35. The molecule has 1 saturated heterocycles. The Hall–Kier alpha value is -1.77. The summed E-state index contributed by atoms with van der Waals surface area (Å²) >= 11 is 3.09. The molecule has 0 saturated carbocycles. The van der Waals surface area contributed by atoms with E-state index in [1.54, 1.807) is 11.3 Å². The van der Waals surface area contributed by atoms with Crippen LogP contribution in [-0.2, 0) is 25.5 Å². The van der Waals surface area contributed by atoms with E-state index in [1.807, 2.05) is 22.2 Å². The first kappa shape index (κ1) is 17.1. The predicted molar refractivity (Wildman–Crippen MR) is 92.1 cm³/mol. The van der Waals surface area contributed by atoms with Crippen LogP contribution in [0.5, 0.6) is 0 Å². The fourth-order valence-electron chi connectivity index (χ4n) is 2.34. The number of nitrogens with zero attached hydrogens (tertiary/aromatic N) is 1. The number of aromatic nitrogens is 1. The van der Waals surface area contributed by atoms with Crippen LogP contribution >= 0.6 is 22.7 Å². The molecule has 0 radical (unpaired) electrons. The van der Waals surface area contributed by atoms with Crippen molar-refractivity contribution in [3.63, 3.8) is 0 Å². The van der Waals surface area contributed by atoms with Crippen molar-refractivity contribution in [2.45, 2.75) is 25.4 Å². The molecule has 1 aliphatic rings. The lowest BCUT2D eigenvalue weighted by atomic mass is 10.2. The molecule has 24 heavy (non-hydrogen) atoms. The van der Waals surface area contributed by atoms with Crippen molar-refractivity contribution in [1.29, 1.82) is 0 Å². The van der Waals surface area contributed by atoms with E-state index >= 15 is 0 Å². The van der Waals surface area contributed by atoms with Crippen LogP contribution in [-0.4, -0.2) is 42.7 Å². The van der Waals surface area contributed by atoms with E-state index < -0.39 is 5.97 Å². The molecule has 1 atom stereocenters. The Kier molecular flexibility index (Phi) is 5.95. The molecule has 128 valence electrons. The normalized spacial score (nSPS) is 16.9. The number of esters is 1. The highest BCUT2D eigenvalue weighted by Gasteiger charge is 2.17. The van der Waals surface area contributed by atoms with Gasteiger partial charge in [-0.15, -0.1) is 11.3 Å². The summed E-state index contributed by atoms with van der Waals surface area (Å²) in [5, 5.41) is 9.43. The second-order valence-corrected chi connectivity index (χ2v) is 7.07. The zero-order chi connectivity index (χ0) is 16.8. The minimum absolute atomic E-state index is 0.0691. The van der Waals surface area contributed by atoms with Crippen molar-refractivity contribution in [2.24, 2.45) is 0 Å². The zero-order valence-electron chi connectivity index (χ0n) is 13.0. The Balaban J connectivity index is 1.38. The van der Waals surface area contributed by atoms with Crippen LogP contribution in [0, 0.1) is 0 Å². The van der Waals surface area contributed by atoms with Gasteiger partial charge in [-0.05, 0) is 24.3 Å². The smallest absolute Gasteiger partial charge is 0.312 e. The van der Waals surface area contributed by atoms with Gasteiger partial charge in [0.1, 0.15) is 5.01 Å². The maximum Gasteiger partial charge on any atom is 0.312 e. The third-order valence-electron chi connectivity index (χ3n) is 3.56. The molecule has 2 aromatic rings. The van der Waals surface area contributed by atoms with Gasteiger partial charge in [0, 0.05) is 29.5 Å². The van der Waals surface area contributed by atoms with E-state index in [0.29, 0.717) is 12.2 Å². The van der Waals surface area contributed by atoms with Gasteiger partial charge >= 0.3 is 5.97 Å². The Morgan fingerprint density at radius 3 is 3.08 bits per heavy atom. The van der Waals surface area contributed by atoms with E-state index in [1.165, 1.54) is 11.3 Å². The average molecular weight is 366 g/mol. The number of nitrogens with one attached hydrogen (secondary N) is 1. The van der Waals surface area contributed by atoms with E-state index in [9.17, 15) is 9.59 Å². The Labute approximate surface area is 147 Å². The minimum atomic E-state index is -0.454. The lowest BCUT2D eigenvalue weighted by Gasteiger charge is -2.10. The Morgan fingerprint density at radius 1 is 1.42 bits per heavy atom. The molecule has 0 spiro atoms. The number of thiazole rings is 1. The lowest BCUT2D eigenvalue weighted by molar-refractivity contribution is -0.148. The highest BCUT2D eigenvalue weighted by atomic mass is 32.1. The summed E-state index contributed by atoms with van der Waals surface area (Å²) in [5.74, 6) is -0.763. The number of amides is 1. The first-order valence-corrected chi connectivity index (χ1v) is 9.54. The van der Waals surface area contributed by atoms with Crippen molar-refractivity contribution in [2.75, 3.05) is 19.8 Å². The molecule has 0 aliphatic carbocycles. The largest absolute Gasteiger partial charge is 0.455 e. The fourth-order valence-corrected chi connectivity index (χ4v) is 3.87. The van der Waals surface area contributed by atoms with Crippen molar-refractivity contribution >= 4 is 34.6 Å². The molecule has 1 aliphatic heterocycles. The maximum absolute atomic E-state index is 11.8. The SMILES string of the molecule is O=C(COC(=O)Cc1csc(-c2ccsc2)n1)NC[C@@H]1CCCO1. The van der Waals surface area contributed by atoms with Gasteiger partial charge in [-0.1, -0.05) is 0 Å². The molecule has 3 rings (SSSR count). The van der Waals surface area contributed by atoms with Crippen LogP contribution in [0.1, 0.15) is 18.5 Å². The highest BCUT2D eigenvalue weighted by molar-refractivity contribution is 7.14. The quantitative estimate of drug-likeness (QED) is 0.761. The van der Waals surface area contributed by atoms with Gasteiger partial charge in [0.15, 0.2) is 6.61 Å². The summed E-state index contributed by atoms with van der Waals surface area (Å²) in [5.41, 5.74) is 1.71. The van der Waals surface area contributed by atoms with Gasteiger partial charge in [0.2, 0.25) is 0 Å². The van der Waals surface area contributed by atoms with Crippen LogP contribution < -0.4 is 5.32 Å². The predicted octanol–water partition coefficient (Wildman–Crippen LogP) is 2.25. The molecule has 1 N–H and O–H groups in total. The first-order chi connectivity index (χ1) is 11.7. The number of carbonyl (C=O) groups excluding carboxylic acids is 2. The van der Waals surface area contributed by atoms with Crippen molar-refractivity contribution in [1.82, 2.24) is 10.3 Å². The standard InChI is InChI=1S/C16H18N2O4S2/c19-14(17-7-13-2-1-4-21-13)8-22-15(20)6-12-10-24-16(18-12)11-3-5-23-9-11/h3,5,9-10,13H,1-2,4,6-8H2,(H,17,19)/t13-/m0/s1. The number of ether oxygens (including phenoxy) is 2. The number of hydrogen-bond donors (Lipinski definition) is 1. The van der Waals surface area contributed by atoms with E-state index in [2.05, 4.69) is 10.3 Å². The molecule has 0 bridgehead atoms. The molecular weight excluding hydrogens is 348 g/mol. The summed E-state index contributed by atoms with van der Waals surface area (Å²) in [7, 11) is 0. The molecule has 1 fully saturated rings. The topological polar surface area (TPSA) is 77.5 Å². The molecule has 0 unspecified atom stereocenters. The number of thiophene rings is 1. The van der Waals surface area contributed by atoms with Gasteiger partial charge in [-0.3, -0.25) is 9.59 Å². The Morgan fingerprint density at radius 2 is 2.33 bits per heavy atom. The molecular formula is C16H18N2O4S2. The molecule has 1 amide bonds. The third kappa shape index (κ3) is 4.86. The van der Waals surface area contributed by atoms with Crippen molar-refractivity contribution in [3.8, 4) is 10.6 Å². The molecule has 0 aromatic carbocycles. The van der Waals surface area contributed by atoms with Gasteiger partial charge in [-0.2, -0.15) is 11.3 Å². The summed E-state index contributed by atoms with van der Waals surface area (Å²) in [6, 6.07) is 1.99. The number of hydrogen-bond acceptors (Lipinski definition) is 7.